The molecule has 0 unspecified atom stereocenters. The minimum Gasteiger partial charge on any atom is -0.398 e. The molecule has 3 aromatic rings. The molecule has 0 aliphatic carbocycles. The molecule has 0 aromatic heterocycles. The molecule has 0 aliphatic rings. The lowest BCUT2D eigenvalue weighted by molar-refractivity contribution is 1.42. The van der Waals surface area contributed by atoms with Crippen LogP contribution in [0.1, 0.15) is 19.4 Å². The van der Waals surface area contributed by atoms with Crippen LogP contribution in [0.15, 0.2) is 54.1 Å². The standard InChI is InChI=1S/C18H17N/c1-12(2)9-16-8-7-15-10-13-5-3-4-6-14(13)11-17(15)18(16)19/h3-11H,19H2,1-2H3. The average Bonchev–Trinajstić information content (AvgIpc) is 2.40. The number of rotatable bonds is 1. The molecule has 0 saturated heterocycles. The Balaban J connectivity index is 2.36. The van der Waals surface area contributed by atoms with E-state index in [4.69, 9.17) is 5.73 Å². The Morgan fingerprint density at radius 2 is 1.58 bits per heavy atom. The zero-order valence-electron chi connectivity index (χ0n) is 11.3. The summed E-state index contributed by atoms with van der Waals surface area (Å²) in [7, 11) is 0. The first-order valence-electron chi connectivity index (χ1n) is 6.51. The molecule has 0 heterocycles. The number of hydrogen-bond donors (Lipinski definition) is 1. The summed E-state index contributed by atoms with van der Waals surface area (Å²) >= 11 is 0. The highest BCUT2D eigenvalue weighted by atomic mass is 14.6. The molecule has 94 valence electrons. The van der Waals surface area contributed by atoms with Gasteiger partial charge in [-0.2, -0.15) is 0 Å². The van der Waals surface area contributed by atoms with Crippen molar-refractivity contribution in [2.75, 3.05) is 5.73 Å². The smallest absolute Gasteiger partial charge is 0.0467 e. The second-order valence-corrected chi connectivity index (χ2v) is 5.21. The molecule has 0 amide bonds. The monoisotopic (exact) mass is 247 g/mol. The molecular weight excluding hydrogens is 230 g/mol. The summed E-state index contributed by atoms with van der Waals surface area (Å²) in [5.41, 5.74) is 9.54. The number of benzene rings is 3. The highest BCUT2D eigenvalue weighted by molar-refractivity contribution is 6.05. The van der Waals surface area contributed by atoms with Gasteiger partial charge < -0.3 is 5.73 Å². The second kappa shape index (κ2) is 4.43. The number of hydrogen-bond acceptors (Lipinski definition) is 1. The molecule has 0 atom stereocenters. The molecule has 2 N–H and O–H groups in total. The van der Waals surface area contributed by atoms with Crippen LogP contribution < -0.4 is 5.73 Å². The molecule has 3 rings (SSSR count). The van der Waals surface area contributed by atoms with Crippen molar-refractivity contribution in [1.82, 2.24) is 0 Å². The van der Waals surface area contributed by atoms with E-state index in [9.17, 15) is 0 Å². The molecule has 0 spiro atoms. The number of fused-ring (bicyclic) bond motifs is 2. The molecule has 0 saturated carbocycles. The van der Waals surface area contributed by atoms with Gasteiger partial charge in [0.05, 0.1) is 0 Å². The van der Waals surface area contributed by atoms with Gasteiger partial charge in [-0.1, -0.05) is 48.0 Å². The van der Waals surface area contributed by atoms with Crippen LogP contribution in [-0.4, -0.2) is 0 Å². The first kappa shape index (κ1) is 11.8. The third kappa shape index (κ3) is 2.08. The van der Waals surface area contributed by atoms with Crippen molar-refractivity contribution in [3.05, 3.63) is 59.7 Å². The van der Waals surface area contributed by atoms with E-state index in [1.165, 1.54) is 21.7 Å². The van der Waals surface area contributed by atoms with Gasteiger partial charge in [-0.05, 0) is 47.7 Å². The third-order valence-electron chi connectivity index (χ3n) is 3.41. The van der Waals surface area contributed by atoms with Crippen LogP contribution in [0.3, 0.4) is 0 Å². The highest BCUT2D eigenvalue weighted by Crippen LogP contribution is 2.30. The SMILES string of the molecule is CC(C)=Cc1ccc2cc3ccccc3cc2c1N. The molecule has 1 nitrogen and oxygen atoms in total. The number of anilines is 1. The summed E-state index contributed by atoms with van der Waals surface area (Å²) in [5.74, 6) is 0. The van der Waals surface area contributed by atoms with E-state index >= 15 is 0 Å². The molecular formula is C18H17N. The normalized spacial score (nSPS) is 10.8. The predicted molar refractivity (Wildman–Crippen MR) is 85.2 cm³/mol. The largest absolute Gasteiger partial charge is 0.398 e. The lowest BCUT2D eigenvalue weighted by Crippen LogP contribution is -1.92. The third-order valence-corrected chi connectivity index (χ3v) is 3.41. The van der Waals surface area contributed by atoms with Crippen molar-refractivity contribution in [2.24, 2.45) is 0 Å². The van der Waals surface area contributed by atoms with E-state index in [0.29, 0.717) is 0 Å². The maximum absolute atomic E-state index is 6.31. The van der Waals surface area contributed by atoms with E-state index in [1.54, 1.807) is 0 Å². The zero-order valence-corrected chi connectivity index (χ0v) is 11.3. The molecule has 0 fully saturated rings. The van der Waals surface area contributed by atoms with Crippen LogP contribution in [0.25, 0.3) is 27.6 Å². The fourth-order valence-corrected chi connectivity index (χ4v) is 2.49. The molecule has 19 heavy (non-hydrogen) atoms. The Hall–Kier alpha value is -2.28. The number of allylic oxidation sites excluding steroid dienone is 1. The fourth-order valence-electron chi connectivity index (χ4n) is 2.49. The maximum atomic E-state index is 6.31. The lowest BCUT2D eigenvalue weighted by Gasteiger charge is -2.08. The Kier molecular flexibility index (Phi) is 2.75. The Labute approximate surface area is 113 Å². The minimum absolute atomic E-state index is 0.865. The van der Waals surface area contributed by atoms with Crippen molar-refractivity contribution >= 4 is 33.3 Å². The van der Waals surface area contributed by atoms with Gasteiger partial charge in [0.2, 0.25) is 0 Å². The van der Waals surface area contributed by atoms with Gasteiger partial charge in [-0.3, -0.25) is 0 Å². The van der Waals surface area contributed by atoms with Gasteiger partial charge in [0, 0.05) is 11.1 Å². The van der Waals surface area contributed by atoms with Crippen LogP contribution in [0, 0.1) is 0 Å². The average molecular weight is 247 g/mol. The topological polar surface area (TPSA) is 26.0 Å². The van der Waals surface area contributed by atoms with Gasteiger partial charge in [0.15, 0.2) is 0 Å². The number of nitrogens with two attached hydrogens (primary N) is 1. The van der Waals surface area contributed by atoms with E-state index in [-0.39, 0.29) is 0 Å². The van der Waals surface area contributed by atoms with Crippen LogP contribution in [0.5, 0.6) is 0 Å². The molecule has 1 heteroatoms. The Bertz CT molecular complexity index is 793. The summed E-state index contributed by atoms with van der Waals surface area (Å²) < 4.78 is 0. The summed E-state index contributed by atoms with van der Waals surface area (Å²) in [4.78, 5) is 0. The van der Waals surface area contributed by atoms with Crippen molar-refractivity contribution in [1.29, 1.82) is 0 Å². The molecule has 0 radical (unpaired) electrons. The minimum atomic E-state index is 0.865. The van der Waals surface area contributed by atoms with Gasteiger partial charge in [0.25, 0.3) is 0 Å². The predicted octanol–water partition coefficient (Wildman–Crippen LogP) is 5.00. The van der Waals surface area contributed by atoms with Crippen molar-refractivity contribution in [3.63, 3.8) is 0 Å². The van der Waals surface area contributed by atoms with Crippen LogP contribution in [0.2, 0.25) is 0 Å². The van der Waals surface area contributed by atoms with E-state index in [1.807, 2.05) is 0 Å². The Morgan fingerprint density at radius 3 is 2.26 bits per heavy atom. The summed E-state index contributed by atoms with van der Waals surface area (Å²) in [6.45, 7) is 4.17. The second-order valence-electron chi connectivity index (χ2n) is 5.21. The molecule has 0 bridgehead atoms. The van der Waals surface area contributed by atoms with Gasteiger partial charge >= 0.3 is 0 Å². The van der Waals surface area contributed by atoms with Gasteiger partial charge in [0.1, 0.15) is 0 Å². The van der Waals surface area contributed by atoms with Crippen LogP contribution in [-0.2, 0) is 0 Å². The molecule has 3 aromatic carbocycles. The first-order chi connectivity index (χ1) is 9.15. The van der Waals surface area contributed by atoms with Crippen LogP contribution in [0.4, 0.5) is 5.69 Å². The van der Waals surface area contributed by atoms with E-state index < -0.39 is 0 Å². The molecule has 0 aliphatic heterocycles. The quantitative estimate of drug-likeness (QED) is 0.475. The lowest BCUT2D eigenvalue weighted by atomic mass is 9.99. The summed E-state index contributed by atoms with van der Waals surface area (Å²) in [6.07, 6.45) is 2.13. The van der Waals surface area contributed by atoms with Crippen molar-refractivity contribution in [2.45, 2.75) is 13.8 Å². The fraction of sp³-hybridized carbons (Fsp3) is 0.111. The number of nitrogen functional groups attached to an aromatic ring is 1. The van der Waals surface area contributed by atoms with Gasteiger partial charge in [-0.25, -0.2) is 0 Å². The first-order valence-corrected chi connectivity index (χ1v) is 6.51. The van der Waals surface area contributed by atoms with E-state index in [2.05, 4.69) is 68.5 Å². The van der Waals surface area contributed by atoms with E-state index in [0.717, 1.165) is 16.6 Å². The van der Waals surface area contributed by atoms with Crippen molar-refractivity contribution in [3.8, 4) is 0 Å². The maximum Gasteiger partial charge on any atom is 0.0467 e. The zero-order chi connectivity index (χ0) is 13.4. The summed E-state index contributed by atoms with van der Waals surface area (Å²) in [5, 5.41) is 4.82. The summed E-state index contributed by atoms with van der Waals surface area (Å²) in [6, 6.07) is 17.0. The highest BCUT2D eigenvalue weighted by Gasteiger charge is 2.04. The van der Waals surface area contributed by atoms with Gasteiger partial charge in [-0.15, -0.1) is 0 Å². The van der Waals surface area contributed by atoms with Crippen LogP contribution >= 0.6 is 0 Å². The van der Waals surface area contributed by atoms with Crippen molar-refractivity contribution < 1.29 is 0 Å². The Morgan fingerprint density at radius 1 is 0.895 bits per heavy atom.